The number of anilines is 1. The molecular weight excluding hydrogens is 244 g/mol. The molecule has 1 fully saturated rings. The first-order valence-corrected chi connectivity index (χ1v) is 6.39. The third kappa shape index (κ3) is 3.79. The minimum Gasteiger partial charge on any atom is -0.480 e. The van der Waals surface area contributed by atoms with Gasteiger partial charge in [-0.1, -0.05) is 18.2 Å². The van der Waals surface area contributed by atoms with Crippen LogP contribution in [-0.4, -0.2) is 29.6 Å². The molecule has 0 bridgehead atoms. The van der Waals surface area contributed by atoms with Crippen molar-refractivity contribution >= 4 is 17.6 Å². The average molecular weight is 262 g/mol. The number of para-hydroxylation sites is 1. The highest BCUT2D eigenvalue weighted by Gasteiger charge is 2.36. The second-order valence-electron chi connectivity index (χ2n) is 4.90. The number of amides is 1. The fourth-order valence-corrected chi connectivity index (χ4v) is 2.00. The predicted molar refractivity (Wildman–Crippen MR) is 72.0 cm³/mol. The first kappa shape index (κ1) is 13.5. The van der Waals surface area contributed by atoms with Crippen molar-refractivity contribution in [1.82, 2.24) is 5.32 Å². The highest BCUT2D eigenvalue weighted by atomic mass is 16.4. The van der Waals surface area contributed by atoms with Crippen LogP contribution in [0, 0.1) is 12.8 Å². The van der Waals surface area contributed by atoms with E-state index in [1.54, 1.807) is 0 Å². The van der Waals surface area contributed by atoms with Crippen LogP contribution in [-0.2, 0) is 9.59 Å². The number of hydrogen-bond donors (Lipinski definition) is 3. The number of carboxylic acid groups (broad SMARTS) is 1. The molecule has 0 radical (unpaired) electrons. The van der Waals surface area contributed by atoms with Crippen LogP contribution in [0.25, 0.3) is 0 Å². The Morgan fingerprint density at radius 3 is 2.63 bits per heavy atom. The Kier molecular flexibility index (Phi) is 4.16. The Morgan fingerprint density at radius 2 is 2.05 bits per heavy atom. The standard InChI is InChI=1S/C14H18N2O3/c1-9-4-2-3-5-11(9)16-12(17)8-15-13(14(18)19)10-6-7-10/h2-5,10,13,15H,6-8H2,1H3,(H,16,17)(H,18,19). The monoisotopic (exact) mass is 262 g/mol. The van der Waals surface area contributed by atoms with Gasteiger partial charge < -0.3 is 10.4 Å². The number of nitrogens with one attached hydrogen (secondary N) is 2. The smallest absolute Gasteiger partial charge is 0.320 e. The van der Waals surface area contributed by atoms with Gasteiger partial charge in [0.15, 0.2) is 0 Å². The maximum atomic E-state index is 11.8. The number of hydrogen-bond acceptors (Lipinski definition) is 3. The normalized spacial score (nSPS) is 15.8. The lowest BCUT2D eigenvalue weighted by molar-refractivity contribution is -0.140. The van der Waals surface area contributed by atoms with Gasteiger partial charge in [-0.05, 0) is 37.3 Å². The van der Waals surface area contributed by atoms with E-state index in [1.165, 1.54) is 0 Å². The Hall–Kier alpha value is -1.88. The summed E-state index contributed by atoms with van der Waals surface area (Å²) in [7, 11) is 0. The molecule has 1 aliphatic carbocycles. The molecule has 0 saturated heterocycles. The highest BCUT2D eigenvalue weighted by Crippen LogP contribution is 2.32. The van der Waals surface area contributed by atoms with E-state index in [9.17, 15) is 9.59 Å². The first-order chi connectivity index (χ1) is 9.08. The lowest BCUT2D eigenvalue weighted by atomic mass is 10.2. The quantitative estimate of drug-likeness (QED) is 0.724. The molecule has 102 valence electrons. The van der Waals surface area contributed by atoms with E-state index in [-0.39, 0.29) is 18.4 Å². The number of carbonyl (C=O) groups is 2. The molecule has 1 saturated carbocycles. The van der Waals surface area contributed by atoms with Crippen LogP contribution in [0.2, 0.25) is 0 Å². The molecule has 5 heteroatoms. The van der Waals surface area contributed by atoms with E-state index in [4.69, 9.17) is 5.11 Å². The zero-order valence-corrected chi connectivity index (χ0v) is 10.8. The van der Waals surface area contributed by atoms with E-state index < -0.39 is 12.0 Å². The minimum atomic E-state index is -0.883. The van der Waals surface area contributed by atoms with Crippen LogP contribution < -0.4 is 10.6 Å². The average Bonchev–Trinajstić information content (AvgIpc) is 3.16. The van der Waals surface area contributed by atoms with Crippen LogP contribution >= 0.6 is 0 Å². The number of carboxylic acids is 1. The third-order valence-corrected chi connectivity index (χ3v) is 3.26. The summed E-state index contributed by atoms with van der Waals surface area (Å²) in [5.74, 6) is -0.934. The summed E-state index contributed by atoms with van der Waals surface area (Å²) in [4.78, 5) is 22.8. The third-order valence-electron chi connectivity index (χ3n) is 3.26. The van der Waals surface area contributed by atoms with Gasteiger partial charge in [-0.15, -0.1) is 0 Å². The second-order valence-corrected chi connectivity index (χ2v) is 4.90. The fraction of sp³-hybridized carbons (Fsp3) is 0.429. The molecule has 0 aliphatic heterocycles. The Labute approximate surface area is 112 Å². The van der Waals surface area contributed by atoms with Crippen molar-refractivity contribution in [3.8, 4) is 0 Å². The van der Waals surface area contributed by atoms with Gasteiger partial charge in [0.05, 0.1) is 6.54 Å². The Morgan fingerprint density at radius 1 is 1.37 bits per heavy atom. The van der Waals surface area contributed by atoms with Gasteiger partial charge in [0, 0.05) is 5.69 Å². The van der Waals surface area contributed by atoms with Crippen molar-refractivity contribution in [3.63, 3.8) is 0 Å². The summed E-state index contributed by atoms with van der Waals surface area (Å²) >= 11 is 0. The molecule has 1 aromatic rings. The lowest BCUT2D eigenvalue weighted by Gasteiger charge is -2.14. The highest BCUT2D eigenvalue weighted by molar-refractivity contribution is 5.93. The van der Waals surface area contributed by atoms with E-state index >= 15 is 0 Å². The lowest BCUT2D eigenvalue weighted by Crippen LogP contribution is -2.42. The van der Waals surface area contributed by atoms with Crippen molar-refractivity contribution in [3.05, 3.63) is 29.8 Å². The molecule has 1 atom stereocenters. The van der Waals surface area contributed by atoms with Crippen LogP contribution in [0.15, 0.2) is 24.3 Å². The molecular formula is C14H18N2O3. The number of aliphatic carboxylic acids is 1. The van der Waals surface area contributed by atoms with Gasteiger partial charge in [-0.2, -0.15) is 0 Å². The van der Waals surface area contributed by atoms with Crippen molar-refractivity contribution in [2.45, 2.75) is 25.8 Å². The summed E-state index contributed by atoms with van der Waals surface area (Å²) in [6.45, 7) is 1.93. The van der Waals surface area contributed by atoms with Gasteiger partial charge in [-0.3, -0.25) is 14.9 Å². The fourth-order valence-electron chi connectivity index (χ4n) is 2.00. The van der Waals surface area contributed by atoms with Gasteiger partial charge in [-0.25, -0.2) is 0 Å². The number of rotatable bonds is 6. The van der Waals surface area contributed by atoms with Crippen LogP contribution in [0.3, 0.4) is 0 Å². The summed E-state index contributed by atoms with van der Waals surface area (Å²) in [6.07, 6.45) is 1.84. The summed E-state index contributed by atoms with van der Waals surface area (Å²) in [5.41, 5.74) is 1.74. The van der Waals surface area contributed by atoms with Crippen LogP contribution in [0.5, 0.6) is 0 Å². The SMILES string of the molecule is Cc1ccccc1NC(=O)CNC(C(=O)O)C1CC1. The molecule has 1 aliphatic rings. The molecule has 3 N–H and O–H groups in total. The van der Waals surface area contributed by atoms with E-state index in [1.807, 2.05) is 31.2 Å². The van der Waals surface area contributed by atoms with Gasteiger partial charge in [0.25, 0.3) is 0 Å². The van der Waals surface area contributed by atoms with Gasteiger partial charge in [0.1, 0.15) is 6.04 Å². The van der Waals surface area contributed by atoms with Gasteiger partial charge in [0.2, 0.25) is 5.91 Å². The zero-order chi connectivity index (χ0) is 13.8. The first-order valence-electron chi connectivity index (χ1n) is 6.39. The molecule has 2 rings (SSSR count). The maximum Gasteiger partial charge on any atom is 0.320 e. The predicted octanol–water partition coefficient (Wildman–Crippen LogP) is 1.39. The number of aryl methyl sites for hydroxylation is 1. The molecule has 1 unspecified atom stereocenters. The van der Waals surface area contributed by atoms with E-state index in [0.717, 1.165) is 24.1 Å². The minimum absolute atomic E-state index is 0.0157. The molecule has 19 heavy (non-hydrogen) atoms. The summed E-state index contributed by atoms with van der Waals surface area (Å²) < 4.78 is 0. The van der Waals surface area contributed by atoms with Crippen molar-refractivity contribution in [2.24, 2.45) is 5.92 Å². The largest absolute Gasteiger partial charge is 0.480 e. The van der Waals surface area contributed by atoms with Crippen LogP contribution in [0.4, 0.5) is 5.69 Å². The second kappa shape index (κ2) is 5.84. The van der Waals surface area contributed by atoms with E-state index in [2.05, 4.69) is 10.6 Å². The van der Waals surface area contributed by atoms with E-state index in [0.29, 0.717) is 0 Å². The molecule has 5 nitrogen and oxygen atoms in total. The van der Waals surface area contributed by atoms with Crippen molar-refractivity contribution < 1.29 is 14.7 Å². The zero-order valence-electron chi connectivity index (χ0n) is 10.8. The Bertz CT molecular complexity index is 483. The van der Waals surface area contributed by atoms with Crippen molar-refractivity contribution in [1.29, 1.82) is 0 Å². The molecule has 0 aromatic heterocycles. The van der Waals surface area contributed by atoms with Crippen LogP contribution in [0.1, 0.15) is 18.4 Å². The van der Waals surface area contributed by atoms with Gasteiger partial charge >= 0.3 is 5.97 Å². The number of carbonyl (C=O) groups excluding carboxylic acids is 1. The molecule has 0 spiro atoms. The maximum absolute atomic E-state index is 11.8. The van der Waals surface area contributed by atoms with Crippen molar-refractivity contribution in [2.75, 3.05) is 11.9 Å². The summed E-state index contributed by atoms with van der Waals surface area (Å²) in [5, 5.41) is 14.6. The number of benzene rings is 1. The molecule has 1 aromatic carbocycles. The molecule has 1 amide bonds. The Balaban J connectivity index is 1.84. The topological polar surface area (TPSA) is 78.4 Å². The molecule has 0 heterocycles. The summed E-state index contributed by atoms with van der Waals surface area (Å²) in [6, 6.07) is 6.87.